The summed E-state index contributed by atoms with van der Waals surface area (Å²) < 4.78 is 47.3. The molecule has 0 radical (unpaired) electrons. The number of aromatic nitrogens is 2. The molecule has 9 nitrogen and oxygen atoms in total. The van der Waals surface area contributed by atoms with Gasteiger partial charge in [0.2, 0.25) is 5.91 Å². The van der Waals surface area contributed by atoms with Crippen LogP contribution in [0, 0.1) is 16.7 Å². The molecule has 216 valence electrons. The molecule has 1 unspecified atom stereocenters. The zero-order valence-electron chi connectivity index (χ0n) is 22.7. The van der Waals surface area contributed by atoms with Crippen molar-refractivity contribution in [1.82, 2.24) is 19.6 Å². The molecule has 1 aromatic carbocycles. The molecule has 1 aromatic heterocycles. The van der Waals surface area contributed by atoms with Gasteiger partial charge in [0.05, 0.1) is 23.9 Å². The monoisotopic (exact) mass is 562 g/mol. The van der Waals surface area contributed by atoms with Crippen molar-refractivity contribution in [3.63, 3.8) is 0 Å². The third-order valence-electron chi connectivity index (χ3n) is 8.17. The maximum absolute atomic E-state index is 13.4. The Hall–Kier alpha value is -3.41. The molecule has 1 spiro atoms. The second-order valence-corrected chi connectivity index (χ2v) is 12.3. The number of aliphatic hydroxyl groups is 1. The zero-order chi connectivity index (χ0) is 29.1. The van der Waals surface area contributed by atoms with Gasteiger partial charge in [-0.25, -0.2) is 4.79 Å². The molecular weight excluding hydrogens is 529 g/mol. The molecule has 1 atom stereocenters. The van der Waals surface area contributed by atoms with Crippen molar-refractivity contribution >= 4 is 17.8 Å². The van der Waals surface area contributed by atoms with E-state index in [1.54, 1.807) is 60.8 Å². The average Bonchev–Trinajstić information content (AvgIpc) is 3.40. The van der Waals surface area contributed by atoms with Crippen LogP contribution in [0.1, 0.15) is 59.9 Å². The molecule has 1 N–H and O–H groups in total. The summed E-state index contributed by atoms with van der Waals surface area (Å²) in [4.78, 5) is 41.4. The topological polar surface area (TPSA) is 105 Å². The smallest absolute Gasteiger partial charge is 0.403 e. The molecular formula is C28H33F3N4O5. The van der Waals surface area contributed by atoms with E-state index in [9.17, 15) is 32.7 Å². The number of ether oxygens (including phenoxy) is 1. The van der Waals surface area contributed by atoms with Gasteiger partial charge in [0.15, 0.2) is 0 Å². The molecule has 2 aliphatic heterocycles. The maximum Gasteiger partial charge on any atom is 0.403 e. The van der Waals surface area contributed by atoms with Gasteiger partial charge in [0.1, 0.15) is 11.0 Å². The highest BCUT2D eigenvalue weighted by atomic mass is 19.4. The van der Waals surface area contributed by atoms with Crippen molar-refractivity contribution in [3.05, 3.63) is 53.3 Å². The lowest BCUT2D eigenvalue weighted by Crippen LogP contribution is -2.64. The van der Waals surface area contributed by atoms with Gasteiger partial charge in [0, 0.05) is 50.3 Å². The molecule has 5 rings (SSSR count). The number of aliphatic hydroxyl groups excluding tert-OH is 1. The van der Waals surface area contributed by atoms with Gasteiger partial charge in [-0.1, -0.05) is 18.2 Å². The molecule has 0 bridgehead atoms. The first-order chi connectivity index (χ1) is 18.7. The Balaban J connectivity index is 1.24. The number of hydrogen-bond acceptors (Lipinski definition) is 6. The van der Waals surface area contributed by atoms with E-state index in [-0.39, 0.29) is 64.0 Å². The molecule has 3 fully saturated rings. The first-order valence-corrected chi connectivity index (χ1v) is 13.3. The van der Waals surface area contributed by atoms with E-state index in [4.69, 9.17) is 4.74 Å². The molecule has 2 aromatic rings. The van der Waals surface area contributed by atoms with Crippen LogP contribution >= 0.6 is 0 Å². The summed E-state index contributed by atoms with van der Waals surface area (Å²) in [5.41, 5.74) is -2.18. The summed E-state index contributed by atoms with van der Waals surface area (Å²) >= 11 is 0. The van der Waals surface area contributed by atoms with Gasteiger partial charge in [-0.15, -0.1) is 0 Å². The van der Waals surface area contributed by atoms with E-state index in [1.165, 1.54) is 11.1 Å². The minimum atomic E-state index is -4.57. The van der Waals surface area contributed by atoms with Gasteiger partial charge in [-0.2, -0.15) is 18.3 Å². The van der Waals surface area contributed by atoms with Crippen LogP contribution in [0.15, 0.2) is 36.7 Å². The van der Waals surface area contributed by atoms with Crippen molar-refractivity contribution in [2.75, 3.05) is 32.8 Å². The van der Waals surface area contributed by atoms with Crippen LogP contribution in [0.3, 0.4) is 0 Å². The molecule has 1 aliphatic carbocycles. The predicted molar refractivity (Wildman–Crippen MR) is 136 cm³/mol. The number of amides is 2. The second-order valence-electron chi connectivity index (χ2n) is 12.3. The van der Waals surface area contributed by atoms with Crippen molar-refractivity contribution in [2.24, 2.45) is 16.7 Å². The fourth-order valence-corrected chi connectivity index (χ4v) is 5.81. The Kier molecular flexibility index (Phi) is 6.75. The van der Waals surface area contributed by atoms with Gasteiger partial charge in [-0.05, 0) is 45.2 Å². The largest absolute Gasteiger partial charge is 0.456 e. The molecule has 2 amide bonds. The number of carbonyl (C=O) groups is 3. The maximum atomic E-state index is 13.4. The lowest BCUT2D eigenvalue weighted by Gasteiger charge is -2.51. The number of esters is 1. The van der Waals surface area contributed by atoms with Gasteiger partial charge >= 0.3 is 12.1 Å². The highest BCUT2D eigenvalue weighted by molar-refractivity contribution is 5.94. The normalized spacial score (nSPS) is 21.3. The molecule has 3 heterocycles. The summed E-state index contributed by atoms with van der Waals surface area (Å²) in [6.07, 6.45) is -1.97. The summed E-state index contributed by atoms with van der Waals surface area (Å²) in [5, 5.41) is 14.3. The highest BCUT2D eigenvalue weighted by Gasteiger charge is 2.71. The molecule has 40 heavy (non-hydrogen) atoms. The predicted octanol–water partition coefficient (Wildman–Crippen LogP) is 3.12. The minimum Gasteiger partial charge on any atom is -0.456 e. The van der Waals surface area contributed by atoms with E-state index in [0.717, 1.165) is 0 Å². The van der Waals surface area contributed by atoms with Crippen molar-refractivity contribution in [1.29, 1.82) is 0 Å². The Morgan fingerprint density at radius 3 is 2.33 bits per heavy atom. The molecule has 3 aliphatic rings. The average molecular weight is 563 g/mol. The minimum absolute atomic E-state index is 0.0827. The van der Waals surface area contributed by atoms with E-state index < -0.39 is 34.5 Å². The van der Waals surface area contributed by atoms with Crippen LogP contribution in [0.5, 0.6) is 0 Å². The van der Waals surface area contributed by atoms with Crippen molar-refractivity contribution in [2.45, 2.75) is 51.9 Å². The number of likely N-dealkylation sites (tertiary alicyclic amines) is 2. The Morgan fingerprint density at radius 1 is 1.07 bits per heavy atom. The Bertz CT molecular complexity index is 1320. The summed E-state index contributed by atoms with van der Waals surface area (Å²) in [5.74, 6) is -2.03. The van der Waals surface area contributed by atoms with Gasteiger partial charge in [-0.3, -0.25) is 14.3 Å². The third kappa shape index (κ3) is 4.97. The van der Waals surface area contributed by atoms with Crippen LogP contribution in [-0.2, 0) is 16.1 Å². The zero-order valence-corrected chi connectivity index (χ0v) is 22.7. The second kappa shape index (κ2) is 9.60. The van der Waals surface area contributed by atoms with Crippen LogP contribution in [0.4, 0.5) is 13.2 Å². The fourth-order valence-electron chi connectivity index (χ4n) is 5.81. The Morgan fingerprint density at radius 2 is 1.73 bits per heavy atom. The van der Waals surface area contributed by atoms with Crippen LogP contribution in [-0.4, -0.2) is 87.0 Å². The lowest BCUT2D eigenvalue weighted by molar-refractivity contribution is -0.205. The number of rotatable bonds is 6. The number of carbonyl (C=O) groups excluding carboxylic acids is 3. The lowest BCUT2D eigenvalue weighted by atomic mass is 9.71. The van der Waals surface area contributed by atoms with Crippen molar-refractivity contribution in [3.8, 4) is 0 Å². The Labute approximate surface area is 229 Å². The van der Waals surface area contributed by atoms with Crippen LogP contribution in [0.2, 0.25) is 0 Å². The number of halogens is 3. The van der Waals surface area contributed by atoms with E-state index in [2.05, 4.69) is 5.10 Å². The van der Waals surface area contributed by atoms with E-state index in [0.29, 0.717) is 16.7 Å². The van der Waals surface area contributed by atoms with Crippen LogP contribution in [0.25, 0.3) is 0 Å². The first-order valence-electron chi connectivity index (χ1n) is 13.3. The number of alkyl halides is 3. The highest BCUT2D eigenvalue weighted by Crippen LogP contribution is 2.60. The quantitative estimate of drug-likeness (QED) is 0.543. The summed E-state index contributed by atoms with van der Waals surface area (Å²) in [7, 11) is 0. The molecule has 2 saturated heterocycles. The fraction of sp³-hybridized carbons (Fsp3) is 0.571. The standard InChI is InChI=1S/C28H33F3N4O5/c1-25(2,3)40-23(38)21-7-5-4-6-18(21)11-35-12-19(10-32-35)22(37)33-13-20(14-36)26(15-33)16-34(17-26)24(39)27(8-9-27)28(29,30)31/h4-7,10,12,20,36H,8-9,11,13-17H2,1-3H3. The summed E-state index contributed by atoms with van der Waals surface area (Å²) in [6.45, 7) is 5.97. The first kappa shape index (κ1) is 28.1. The van der Waals surface area contributed by atoms with Crippen molar-refractivity contribution < 1.29 is 37.4 Å². The van der Waals surface area contributed by atoms with Gasteiger partial charge in [0.25, 0.3) is 5.91 Å². The number of benzene rings is 1. The SMILES string of the molecule is CC(C)(C)OC(=O)c1ccccc1Cn1cc(C(=O)N2CC(CO)C3(C2)CN(C(=O)C2(C(F)(F)F)CC2)C3)cn1. The third-order valence-corrected chi connectivity index (χ3v) is 8.17. The van der Waals surface area contributed by atoms with Crippen LogP contribution < -0.4 is 0 Å². The van der Waals surface area contributed by atoms with E-state index in [1.807, 2.05) is 0 Å². The number of nitrogens with zero attached hydrogens (tertiary/aromatic N) is 4. The number of hydrogen-bond donors (Lipinski definition) is 1. The van der Waals surface area contributed by atoms with E-state index >= 15 is 0 Å². The molecule has 1 saturated carbocycles. The summed E-state index contributed by atoms with van der Waals surface area (Å²) in [6, 6.07) is 6.99. The van der Waals surface area contributed by atoms with Gasteiger partial charge < -0.3 is 19.6 Å². The molecule has 12 heteroatoms.